The predicted molar refractivity (Wildman–Crippen MR) is 54.1 cm³/mol. The lowest BCUT2D eigenvalue weighted by molar-refractivity contribution is 0.909. The minimum absolute atomic E-state index is 1.13. The first-order chi connectivity index (χ1) is 5.88. The molecule has 0 aromatic heterocycles. The van der Waals surface area contributed by atoms with Crippen LogP contribution in [0.4, 0.5) is 0 Å². The summed E-state index contributed by atoms with van der Waals surface area (Å²) in [5.41, 5.74) is 2.91. The molecule has 0 aliphatic carbocycles. The summed E-state index contributed by atoms with van der Waals surface area (Å²) in [6, 6.07) is 8.66. The molecule has 0 N–H and O–H groups in total. The zero-order valence-electron chi connectivity index (χ0n) is 8.01. The van der Waals surface area contributed by atoms with E-state index in [9.17, 15) is 0 Å². The van der Waals surface area contributed by atoms with Crippen molar-refractivity contribution in [1.82, 2.24) is 0 Å². The van der Waals surface area contributed by atoms with Crippen LogP contribution < -0.4 is 0 Å². The average Bonchev–Trinajstić information content (AvgIpc) is 2.09. The van der Waals surface area contributed by atoms with E-state index < -0.39 is 0 Å². The van der Waals surface area contributed by atoms with Crippen molar-refractivity contribution >= 4 is 0 Å². The van der Waals surface area contributed by atoms with E-state index in [0.717, 1.165) is 6.42 Å². The van der Waals surface area contributed by atoms with Crippen molar-refractivity contribution in [2.24, 2.45) is 0 Å². The van der Waals surface area contributed by atoms with Crippen molar-refractivity contribution in [2.75, 3.05) is 0 Å². The summed E-state index contributed by atoms with van der Waals surface area (Å²) >= 11 is 0. The zero-order valence-corrected chi connectivity index (χ0v) is 8.01. The van der Waals surface area contributed by atoms with Gasteiger partial charge in [0, 0.05) is 0 Å². The van der Waals surface area contributed by atoms with Crippen molar-refractivity contribution < 1.29 is 0 Å². The molecular formula is C12H17. The van der Waals surface area contributed by atoms with Gasteiger partial charge in [-0.3, -0.25) is 0 Å². The number of aryl methyl sites for hydroxylation is 1. The summed E-state index contributed by atoms with van der Waals surface area (Å²) in [6.07, 6.45) is 5.85. The topological polar surface area (TPSA) is 0 Å². The molecule has 0 unspecified atom stereocenters. The Labute approximate surface area is 75.6 Å². The van der Waals surface area contributed by atoms with Crippen molar-refractivity contribution in [3.05, 3.63) is 41.8 Å². The molecule has 65 valence electrons. The van der Waals surface area contributed by atoms with Crippen molar-refractivity contribution in [1.29, 1.82) is 0 Å². The van der Waals surface area contributed by atoms with Gasteiger partial charge in [0.1, 0.15) is 0 Å². The maximum Gasteiger partial charge on any atom is -0.00930 e. The second-order valence-electron chi connectivity index (χ2n) is 3.06. The molecule has 1 radical (unpaired) electrons. The molecule has 0 saturated carbocycles. The van der Waals surface area contributed by atoms with Gasteiger partial charge in [-0.15, -0.1) is 0 Å². The molecule has 0 heterocycles. The fraction of sp³-hybridized carbons (Fsp3) is 0.417. The van der Waals surface area contributed by atoms with E-state index in [1.54, 1.807) is 0 Å². The van der Waals surface area contributed by atoms with Gasteiger partial charge in [-0.1, -0.05) is 44.5 Å². The van der Waals surface area contributed by atoms with E-state index in [0.29, 0.717) is 0 Å². The van der Waals surface area contributed by atoms with Crippen LogP contribution in [0.15, 0.2) is 24.3 Å². The van der Waals surface area contributed by atoms with Crippen molar-refractivity contribution in [2.45, 2.75) is 33.1 Å². The molecular weight excluding hydrogens is 144 g/mol. The highest BCUT2D eigenvalue weighted by atomic mass is 14.0. The molecule has 12 heavy (non-hydrogen) atoms. The van der Waals surface area contributed by atoms with Gasteiger partial charge in [-0.2, -0.15) is 0 Å². The molecule has 0 aliphatic heterocycles. The maximum absolute atomic E-state index is 2.30. The molecule has 0 fully saturated rings. The largest absolute Gasteiger partial charge is 0.0651 e. The van der Waals surface area contributed by atoms with Crippen molar-refractivity contribution in [3.63, 3.8) is 0 Å². The third-order valence-electron chi connectivity index (χ3n) is 2.00. The Morgan fingerprint density at radius 1 is 1.17 bits per heavy atom. The fourth-order valence-corrected chi connectivity index (χ4v) is 1.45. The fourth-order valence-electron chi connectivity index (χ4n) is 1.45. The van der Waals surface area contributed by atoms with Gasteiger partial charge in [0.15, 0.2) is 0 Å². The second kappa shape index (κ2) is 4.97. The third-order valence-corrected chi connectivity index (χ3v) is 2.00. The van der Waals surface area contributed by atoms with Crippen LogP contribution in [-0.2, 0) is 6.42 Å². The van der Waals surface area contributed by atoms with Crippen LogP contribution in [-0.4, -0.2) is 0 Å². The lowest BCUT2D eigenvalue weighted by atomic mass is 10.00. The average molecular weight is 161 g/mol. The molecule has 0 nitrogen and oxygen atoms in total. The lowest BCUT2D eigenvalue weighted by Gasteiger charge is -2.05. The van der Waals surface area contributed by atoms with E-state index in [2.05, 4.69) is 44.5 Å². The monoisotopic (exact) mass is 161 g/mol. The van der Waals surface area contributed by atoms with Gasteiger partial charge in [0.2, 0.25) is 0 Å². The predicted octanol–water partition coefficient (Wildman–Crippen LogP) is 3.60. The van der Waals surface area contributed by atoms with E-state index in [1.165, 1.54) is 24.0 Å². The Hall–Kier alpha value is -0.780. The van der Waals surface area contributed by atoms with Crippen molar-refractivity contribution in [3.8, 4) is 0 Å². The van der Waals surface area contributed by atoms with Crippen LogP contribution in [0.1, 0.15) is 37.8 Å². The van der Waals surface area contributed by atoms with Crippen LogP contribution >= 0.6 is 0 Å². The van der Waals surface area contributed by atoms with Gasteiger partial charge in [0.25, 0.3) is 0 Å². The highest BCUT2D eigenvalue weighted by Crippen LogP contribution is 2.14. The molecule has 1 aromatic carbocycles. The minimum atomic E-state index is 1.13. The molecule has 0 heteroatoms. The molecule has 1 rings (SSSR count). The summed E-state index contributed by atoms with van der Waals surface area (Å²) in [5.74, 6) is 0. The summed E-state index contributed by atoms with van der Waals surface area (Å²) in [7, 11) is 0. The Balaban J connectivity index is 2.77. The first kappa shape index (κ1) is 9.31. The van der Waals surface area contributed by atoms with Gasteiger partial charge < -0.3 is 0 Å². The van der Waals surface area contributed by atoms with E-state index in [-0.39, 0.29) is 0 Å². The molecule has 0 bridgehead atoms. The number of hydrogen-bond acceptors (Lipinski definition) is 0. The molecule has 0 spiro atoms. The highest BCUT2D eigenvalue weighted by Gasteiger charge is 1.98. The quantitative estimate of drug-likeness (QED) is 0.633. The molecule has 0 atom stereocenters. The Bertz CT molecular complexity index is 200. The normalized spacial score (nSPS) is 10.2. The highest BCUT2D eigenvalue weighted by molar-refractivity contribution is 5.32. The van der Waals surface area contributed by atoms with Crippen LogP contribution in [0.25, 0.3) is 0 Å². The smallest absolute Gasteiger partial charge is 0.00930 e. The summed E-state index contributed by atoms with van der Waals surface area (Å²) in [6.45, 7) is 4.41. The Kier molecular flexibility index (Phi) is 3.86. The zero-order chi connectivity index (χ0) is 8.81. The third kappa shape index (κ3) is 2.37. The number of rotatable bonds is 4. The van der Waals surface area contributed by atoms with Gasteiger partial charge >= 0.3 is 0 Å². The van der Waals surface area contributed by atoms with Gasteiger partial charge in [-0.05, 0) is 30.4 Å². The summed E-state index contributed by atoms with van der Waals surface area (Å²) in [4.78, 5) is 0. The maximum atomic E-state index is 2.30. The SMILES string of the molecule is CC[CH]c1ccccc1CCC. The molecule has 0 amide bonds. The van der Waals surface area contributed by atoms with Crippen LogP contribution in [0.2, 0.25) is 0 Å². The standard InChI is InChI=1S/C12H17/c1-3-7-11-9-5-6-10-12(11)8-4-2/h5-7,9-10H,3-4,8H2,1-2H3. The van der Waals surface area contributed by atoms with E-state index in [1.807, 2.05) is 0 Å². The second-order valence-corrected chi connectivity index (χ2v) is 3.06. The summed E-state index contributed by atoms with van der Waals surface area (Å²) < 4.78 is 0. The van der Waals surface area contributed by atoms with Crippen LogP contribution in [0.3, 0.4) is 0 Å². The minimum Gasteiger partial charge on any atom is -0.0651 e. The van der Waals surface area contributed by atoms with Gasteiger partial charge in [0.05, 0.1) is 0 Å². The molecule has 1 aromatic rings. The summed E-state index contributed by atoms with van der Waals surface area (Å²) in [5, 5.41) is 0. The van der Waals surface area contributed by atoms with Gasteiger partial charge in [-0.25, -0.2) is 0 Å². The first-order valence-corrected chi connectivity index (χ1v) is 4.79. The number of benzene rings is 1. The molecule has 0 saturated heterocycles. The Morgan fingerprint density at radius 3 is 2.58 bits per heavy atom. The Morgan fingerprint density at radius 2 is 1.92 bits per heavy atom. The molecule has 0 aliphatic rings. The van der Waals surface area contributed by atoms with E-state index in [4.69, 9.17) is 0 Å². The lowest BCUT2D eigenvalue weighted by Crippen LogP contribution is -1.90. The van der Waals surface area contributed by atoms with E-state index >= 15 is 0 Å². The number of hydrogen-bond donors (Lipinski definition) is 0. The first-order valence-electron chi connectivity index (χ1n) is 4.79. The van der Waals surface area contributed by atoms with Crippen LogP contribution in [0.5, 0.6) is 0 Å². The van der Waals surface area contributed by atoms with Crippen LogP contribution in [0, 0.1) is 6.42 Å².